The van der Waals surface area contributed by atoms with Gasteiger partial charge in [0.15, 0.2) is 0 Å². The Kier molecular flexibility index (Phi) is 11.4. The lowest BCUT2D eigenvalue weighted by Crippen LogP contribution is -2.34. The summed E-state index contributed by atoms with van der Waals surface area (Å²) in [5.74, 6) is 0.341. The van der Waals surface area contributed by atoms with Gasteiger partial charge >= 0.3 is 0 Å². The minimum absolute atomic E-state index is 0.135. The second kappa shape index (κ2) is 19.2. The molecule has 6 aliphatic carbocycles. The number of benzene rings is 12. The van der Waals surface area contributed by atoms with Gasteiger partial charge in [-0.2, -0.15) is 0 Å². The van der Waals surface area contributed by atoms with E-state index in [1.807, 2.05) is 0 Å². The summed E-state index contributed by atoms with van der Waals surface area (Å²) in [6.45, 7) is 14.8. The van der Waals surface area contributed by atoms with E-state index in [1.54, 1.807) is 0 Å². The van der Waals surface area contributed by atoms with Crippen LogP contribution in [-0.2, 0) is 32.5 Å². The summed E-state index contributed by atoms with van der Waals surface area (Å²) >= 11 is 0. The molecule has 436 valence electrons. The summed E-state index contributed by atoms with van der Waals surface area (Å²) in [4.78, 5) is 2.65. The second-order valence-electron chi connectivity index (χ2n) is 28.2. The molecule has 0 radical (unpaired) electrons. The van der Waals surface area contributed by atoms with Crippen LogP contribution >= 0.6 is 0 Å². The van der Waals surface area contributed by atoms with Crippen molar-refractivity contribution in [1.82, 2.24) is 0 Å². The van der Waals surface area contributed by atoms with Gasteiger partial charge in [0.25, 0.3) is 0 Å². The van der Waals surface area contributed by atoms with Gasteiger partial charge in [-0.1, -0.05) is 315 Å². The molecule has 18 rings (SSSR count). The van der Waals surface area contributed by atoms with Crippen molar-refractivity contribution in [2.75, 3.05) is 4.90 Å². The predicted molar refractivity (Wildman–Crippen MR) is 377 cm³/mol. The fourth-order valence-corrected chi connectivity index (χ4v) is 19.7. The first-order valence-corrected chi connectivity index (χ1v) is 32.8. The van der Waals surface area contributed by atoms with Crippen LogP contribution < -0.4 is 4.90 Å². The molecule has 0 aromatic heterocycles. The Morgan fingerprint density at radius 1 is 0.242 bits per heavy atom. The van der Waals surface area contributed by atoms with Crippen LogP contribution in [0.3, 0.4) is 0 Å². The smallest absolute Gasteiger partial charge is 0.0717 e. The number of hydrogen-bond acceptors (Lipinski definition) is 1. The lowest BCUT2D eigenvalue weighted by molar-refractivity contribution is 0.377. The molecule has 2 unspecified atom stereocenters. The molecule has 0 fully saturated rings. The van der Waals surface area contributed by atoms with Crippen LogP contribution in [0.4, 0.5) is 17.1 Å². The molecule has 12 aromatic rings. The predicted octanol–water partition coefficient (Wildman–Crippen LogP) is 21.8. The fraction of sp³-hybridized carbons (Fsp3) is 0.156. The third-order valence-corrected chi connectivity index (χ3v) is 23.0. The highest BCUT2D eigenvalue weighted by Crippen LogP contribution is 2.73. The zero-order valence-electron chi connectivity index (χ0n) is 52.5. The average Bonchev–Trinajstić information content (AvgIpc) is 1.53. The van der Waals surface area contributed by atoms with E-state index in [1.165, 1.54) is 122 Å². The highest BCUT2D eigenvalue weighted by molar-refractivity contribution is 6.14. The standard InChI is InChI=1S/C90H71N/c1-85(2)73-46-28-25-43-67(73)82-79(85)70-52-49-64(55-76(70)88(82,58-31-13-7-14-32-58)59-33-15-8-16-34-59)91(65-50-53-71-77(56-65)89(60-35-17-9-18-36-60,61-37-19-10-20-38-61)83-68-44-26-29-47-74(68)86(3,4)80(71)83)66-51-54-72-78(57-66)90(62-39-21-11-22-40-62,63-41-23-12-24-42-63)84-69-45-27-30-48-75(69)87(5,6)81(72)84/h7-57,79,82H,1-6H3. The van der Waals surface area contributed by atoms with Gasteiger partial charge in [-0.25, -0.2) is 0 Å². The van der Waals surface area contributed by atoms with Crippen LogP contribution in [0.25, 0.3) is 22.3 Å². The van der Waals surface area contributed by atoms with Crippen LogP contribution in [0, 0.1) is 0 Å². The summed E-state index contributed by atoms with van der Waals surface area (Å²) < 4.78 is 0. The van der Waals surface area contributed by atoms with Gasteiger partial charge in [-0.05, 0) is 164 Å². The monoisotopic (exact) mass is 1170 g/mol. The molecule has 0 heterocycles. The Labute approximate surface area is 536 Å². The summed E-state index contributed by atoms with van der Waals surface area (Å²) in [5.41, 5.74) is 30.5. The van der Waals surface area contributed by atoms with Crippen molar-refractivity contribution < 1.29 is 0 Å². The zero-order chi connectivity index (χ0) is 61.2. The van der Waals surface area contributed by atoms with Gasteiger partial charge in [-0.3, -0.25) is 0 Å². The van der Waals surface area contributed by atoms with E-state index in [9.17, 15) is 0 Å². The van der Waals surface area contributed by atoms with Crippen LogP contribution in [0.2, 0.25) is 0 Å². The maximum atomic E-state index is 2.65. The highest BCUT2D eigenvalue weighted by atomic mass is 15.1. The highest BCUT2D eigenvalue weighted by Gasteiger charge is 2.63. The lowest BCUT2D eigenvalue weighted by Gasteiger charge is -2.40. The molecule has 0 saturated heterocycles. The van der Waals surface area contributed by atoms with E-state index in [0.717, 1.165) is 17.1 Å². The maximum absolute atomic E-state index is 2.65. The van der Waals surface area contributed by atoms with Crippen molar-refractivity contribution in [1.29, 1.82) is 0 Å². The first-order chi connectivity index (χ1) is 44.4. The quantitative estimate of drug-likeness (QED) is 0.139. The lowest BCUT2D eigenvalue weighted by atomic mass is 9.62. The first kappa shape index (κ1) is 53.9. The van der Waals surface area contributed by atoms with E-state index < -0.39 is 16.2 Å². The Morgan fingerprint density at radius 3 is 0.956 bits per heavy atom. The molecule has 91 heavy (non-hydrogen) atoms. The van der Waals surface area contributed by atoms with Gasteiger partial charge in [0.2, 0.25) is 0 Å². The Bertz CT molecular complexity index is 4650. The summed E-state index contributed by atoms with van der Waals surface area (Å²) in [5, 5.41) is 0. The van der Waals surface area contributed by atoms with E-state index in [0.29, 0.717) is 0 Å². The van der Waals surface area contributed by atoms with Crippen molar-refractivity contribution in [2.24, 2.45) is 0 Å². The molecule has 0 spiro atoms. The number of fused-ring (bicyclic) bond motifs is 13. The number of allylic oxidation sites excluding steroid dienone is 4. The topological polar surface area (TPSA) is 3.24 Å². The third-order valence-electron chi connectivity index (χ3n) is 23.0. The minimum Gasteiger partial charge on any atom is -0.310 e. The Hall–Kier alpha value is -10.1. The Balaban J connectivity index is 0.958. The average molecular weight is 1170 g/mol. The number of anilines is 3. The zero-order valence-corrected chi connectivity index (χ0v) is 52.5. The van der Waals surface area contributed by atoms with Crippen LogP contribution in [0.1, 0.15) is 154 Å². The summed E-state index contributed by atoms with van der Waals surface area (Å²) in [7, 11) is 0. The van der Waals surface area contributed by atoms with Gasteiger partial charge in [0.05, 0.1) is 16.2 Å². The molecule has 0 amide bonds. The van der Waals surface area contributed by atoms with Gasteiger partial charge < -0.3 is 4.90 Å². The SMILES string of the molecule is CC1(C)C2=C(c3ccccc31)C(c1ccccc1)(c1ccccc1)c1cc(N(c3ccc4c(c3)C(c3ccccc3)(c3ccccc3)C3=C4C(C)(C)c4ccccc43)c3ccc4c(c3)C(c3ccccc3)(c3ccccc3)C3c5ccccc5C(C)(C)C43)ccc12. The number of rotatable bonds is 9. The first-order valence-electron chi connectivity index (χ1n) is 32.8. The molecule has 0 aliphatic heterocycles. The van der Waals surface area contributed by atoms with Crippen molar-refractivity contribution >= 4 is 39.4 Å². The maximum Gasteiger partial charge on any atom is 0.0717 e. The number of nitrogens with zero attached hydrogens (tertiary/aromatic N) is 1. The minimum atomic E-state index is -0.653. The van der Waals surface area contributed by atoms with E-state index >= 15 is 0 Å². The molecular weight excluding hydrogens is 1090 g/mol. The van der Waals surface area contributed by atoms with Crippen molar-refractivity contribution in [3.05, 3.63) is 410 Å². The molecule has 1 heteroatoms. The number of hydrogen-bond donors (Lipinski definition) is 0. The molecule has 0 N–H and O–H groups in total. The molecule has 12 aromatic carbocycles. The van der Waals surface area contributed by atoms with E-state index in [-0.39, 0.29) is 28.1 Å². The summed E-state index contributed by atoms with van der Waals surface area (Å²) in [6, 6.07) is 120. The van der Waals surface area contributed by atoms with Crippen molar-refractivity contribution in [3.63, 3.8) is 0 Å². The van der Waals surface area contributed by atoms with Gasteiger partial charge in [0, 0.05) is 39.7 Å². The molecule has 2 atom stereocenters. The Morgan fingerprint density at radius 2 is 0.549 bits per heavy atom. The van der Waals surface area contributed by atoms with Gasteiger partial charge in [-0.15, -0.1) is 0 Å². The second-order valence-corrected chi connectivity index (χ2v) is 28.2. The molecule has 1 nitrogen and oxygen atoms in total. The fourth-order valence-electron chi connectivity index (χ4n) is 19.7. The molecule has 0 bridgehead atoms. The van der Waals surface area contributed by atoms with Crippen molar-refractivity contribution in [2.45, 2.75) is 85.9 Å². The summed E-state index contributed by atoms with van der Waals surface area (Å²) in [6.07, 6.45) is 0. The van der Waals surface area contributed by atoms with E-state index in [2.05, 4.69) is 356 Å². The van der Waals surface area contributed by atoms with Crippen LogP contribution in [-0.4, -0.2) is 0 Å². The molecule has 0 saturated carbocycles. The van der Waals surface area contributed by atoms with E-state index in [4.69, 9.17) is 0 Å². The third kappa shape index (κ3) is 6.86. The van der Waals surface area contributed by atoms with Crippen LogP contribution in [0.5, 0.6) is 0 Å². The van der Waals surface area contributed by atoms with Gasteiger partial charge in [0.1, 0.15) is 0 Å². The van der Waals surface area contributed by atoms with Crippen LogP contribution in [0.15, 0.2) is 309 Å². The normalized spacial score (nSPS) is 19.3. The molecule has 6 aliphatic rings. The van der Waals surface area contributed by atoms with Crippen molar-refractivity contribution in [3.8, 4) is 0 Å². The molecular formula is C90H71N. The largest absolute Gasteiger partial charge is 0.310 e.